The first-order chi connectivity index (χ1) is 11.8. The van der Waals surface area contributed by atoms with Crippen LogP contribution in [0.3, 0.4) is 0 Å². The van der Waals surface area contributed by atoms with E-state index in [-0.39, 0.29) is 12.1 Å². The lowest BCUT2D eigenvalue weighted by Gasteiger charge is -2.09. The predicted octanol–water partition coefficient (Wildman–Crippen LogP) is 3.81. The topological polar surface area (TPSA) is 67.4 Å². The zero-order valence-electron chi connectivity index (χ0n) is 13.2. The maximum atomic E-state index is 12.5. The molecule has 0 spiro atoms. The van der Waals surface area contributed by atoms with Gasteiger partial charge in [0.2, 0.25) is 0 Å². The number of hydrogen-bond donors (Lipinski definition) is 2. The summed E-state index contributed by atoms with van der Waals surface area (Å²) in [5.41, 5.74) is 0.620. The Kier molecular flexibility index (Phi) is 5.63. The number of nitrogens with one attached hydrogen (secondary N) is 2. The molecule has 25 heavy (non-hydrogen) atoms. The number of benzene rings is 2. The van der Waals surface area contributed by atoms with Gasteiger partial charge in [-0.25, -0.2) is 4.79 Å². The molecule has 0 aliphatic carbocycles. The van der Waals surface area contributed by atoms with Gasteiger partial charge in [0.05, 0.1) is 12.7 Å². The molecule has 0 bridgehead atoms. The highest BCUT2D eigenvalue weighted by Gasteiger charge is 2.30. The first kappa shape index (κ1) is 18.3. The van der Waals surface area contributed by atoms with E-state index >= 15 is 0 Å². The lowest BCUT2D eigenvalue weighted by molar-refractivity contribution is -0.137. The van der Waals surface area contributed by atoms with E-state index in [4.69, 9.17) is 0 Å². The molecular formula is C17H15F3N2O3. The van der Waals surface area contributed by atoms with Gasteiger partial charge in [-0.1, -0.05) is 12.1 Å². The Labute approximate surface area is 141 Å². The fourth-order valence-electron chi connectivity index (χ4n) is 1.97. The van der Waals surface area contributed by atoms with Crippen LogP contribution in [-0.4, -0.2) is 19.1 Å². The molecule has 0 radical (unpaired) electrons. The fourth-order valence-corrected chi connectivity index (χ4v) is 1.97. The number of ether oxygens (including phenoxy) is 1. The zero-order valence-corrected chi connectivity index (χ0v) is 13.2. The van der Waals surface area contributed by atoms with Crippen molar-refractivity contribution in [2.45, 2.75) is 12.7 Å². The van der Waals surface area contributed by atoms with Crippen LogP contribution in [0.4, 0.5) is 23.7 Å². The molecule has 0 heterocycles. The molecule has 0 aliphatic heterocycles. The minimum Gasteiger partial charge on any atom is -0.453 e. The molecule has 5 nitrogen and oxygen atoms in total. The second-order valence-electron chi connectivity index (χ2n) is 5.07. The molecular weight excluding hydrogens is 337 g/mol. The van der Waals surface area contributed by atoms with E-state index in [1.807, 2.05) is 0 Å². The van der Waals surface area contributed by atoms with Gasteiger partial charge in [-0.15, -0.1) is 0 Å². The summed E-state index contributed by atoms with van der Waals surface area (Å²) in [6, 6.07) is 10.6. The summed E-state index contributed by atoms with van der Waals surface area (Å²) in [5.74, 6) is -0.481. The van der Waals surface area contributed by atoms with Gasteiger partial charge in [-0.2, -0.15) is 13.2 Å². The number of rotatable bonds is 4. The van der Waals surface area contributed by atoms with E-state index in [0.717, 1.165) is 29.8 Å². The molecule has 132 valence electrons. The third kappa shape index (κ3) is 5.23. The Bertz CT molecular complexity index is 741. The molecule has 2 aromatic rings. The minimum atomic E-state index is -4.44. The molecule has 0 saturated heterocycles. The van der Waals surface area contributed by atoms with Crippen molar-refractivity contribution < 1.29 is 27.5 Å². The Morgan fingerprint density at radius 1 is 1.00 bits per heavy atom. The van der Waals surface area contributed by atoms with Crippen molar-refractivity contribution in [3.8, 4) is 0 Å². The van der Waals surface area contributed by atoms with Gasteiger partial charge < -0.3 is 10.1 Å². The van der Waals surface area contributed by atoms with Crippen LogP contribution in [0, 0.1) is 0 Å². The van der Waals surface area contributed by atoms with Crippen molar-refractivity contribution in [2.75, 3.05) is 12.4 Å². The van der Waals surface area contributed by atoms with Crippen molar-refractivity contribution in [2.24, 2.45) is 0 Å². The number of anilines is 1. The molecule has 2 N–H and O–H groups in total. The van der Waals surface area contributed by atoms with E-state index in [0.29, 0.717) is 5.69 Å². The van der Waals surface area contributed by atoms with Crippen LogP contribution in [0.5, 0.6) is 0 Å². The Hall–Kier alpha value is -3.03. The van der Waals surface area contributed by atoms with Gasteiger partial charge in [0.15, 0.2) is 0 Å². The second-order valence-corrected chi connectivity index (χ2v) is 5.07. The van der Waals surface area contributed by atoms with Gasteiger partial charge in [0.1, 0.15) is 0 Å². The quantitative estimate of drug-likeness (QED) is 0.879. The minimum absolute atomic E-state index is 0.136. The number of carbonyl (C=O) groups excluding carboxylic acids is 2. The van der Waals surface area contributed by atoms with E-state index < -0.39 is 23.7 Å². The molecule has 8 heteroatoms. The van der Waals surface area contributed by atoms with Gasteiger partial charge >= 0.3 is 12.3 Å². The average molecular weight is 352 g/mol. The van der Waals surface area contributed by atoms with Gasteiger partial charge in [0.25, 0.3) is 5.91 Å². The first-order valence-corrected chi connectivity index (χ1v) is 7.19. The van der Waals surface area contributed by atoms with Crippen molar-refractivity contribution in [1.29, 1.82) is 0 Å². The van der Waals surface area contributed by atoms with E-state index in [2.05, 4.69) is 15.4 Å². The van der Waals surface area contributed by atoms with Crippen LogP contribution in [0.15, 0.2) is 48.5 Å². The molecule has 0 atom stereocenters. The smallest absolute Gasteiger partial charge is 0.416 e. The highest BCUT2D eigenvalue weighted by atomic mass is 19.4. The maximum Gasteiger partial charge on any atom is 0.416 e. The normalized spacial score (nSPS) is 10.9. The fraction of sp³-hybridized carbons (Fsp3) is 0.176. The monoisotopic (exact) mass is 352 g/mol. The second kappa shape index (κ2) is 7.69. The molecule has 2 aromatic carbocycles. The molecule has 0 fully saturated rings. The van der Waals surface area contributed by atoms with Gasteiger partial charge in [-0.3, -0.25) is 10.1 Å². The lowest BCUT2D eigenvalue weighted by Crippen LogP contribution is -2.23. The molecule has 0 unspecified atom stereocenters. The maximum absolute atomic E-state index is 12.5. The average Bonchev–Trinajstić information content (AvgIpc) is 2.60. The third-order valence-electron chi connectivity index (χ3n) is 3.31. The van der Waals surface area contributed by atoms with Crippen LogP contribution in [0.2, 0.25) is 0 Å². The Morgan fingerprint density at radius 3 is 2.12 bits per heavy atom. The zero-order chi connectivity index (χ0) is 18.4. The Morgan fingerprint density at radius 2 is 1.60 bits per heavy atom. The Balaban J connectivity index is 1.92. The number of halogens is 3. The summed E-state index contributed by atoms with van der Waals surface area (Å²) in [5, 5.41) is 5.10. The van der Waals surface area contributed by atoms with Crippen LogP contribution in [0.1, 0.15) is 21.5 Å². The predicted molar refractivity (Wildman–Crippen MR) is 85.1 cm³/mol. The highest BCUT2D eigenvalue weighted by Crippen LogP contribution is 2.29. The summed E-state index contributed by atoms with van der Waals surface area (Å²) in [7, 11) is 1.25. The van der Waals surface area contributed by atoms with Crippen LogP contribution < -0.4 is 10.6 Å². The molecule has 2 rings (SSSR count). The standard InChI is InChI=1S/C17H15F3N2O3/c1-25-16(24)22-14-8-2-11(3-9-14)10-21-15(23)12-4-6-13(7-5-12)17(18,19)20/h2-9H,10H2,1H3,(H,21,23)(H,22,24). The summed E-state index contributed by atoms with van der Waals surface area (Å²) in [4.78, 5) is 23.0. The van der Waals surface area contributed by atoms with Gasteiger partial charge in [-0.05, 0) is 42.0 Å². The number of carbonyl (C=O) groups is 2. The number of amides is 2. The molecule has 2 amide bonds. The van der Waals surface area contributed by atoms with Crippen LogP contribution >= 0.6 is 0 Å². The van der Waals surface area contributed by atoms with Crippen molar-refractivity contribution in [1.82, 2.24) is 5.32 Å². The van der Waals surface area contributed by atoms with Crippen molar-refractivity contribution >= 4 is 17.7 Å². The summed E-state index contributed by atoms with van der Waals surface area (Å²) >= 11 is 0. The first-order valence-electron chi connectivity index (χ1n) is 7.19. The molecule has 0 saturated carbocycles. The van der Waals surface area contributed by atoms with Crippen LogP contribution in [0.25, 0.3) is 0 Å². The number of hydrogen-bond acceptors (Lipinski definition) is 3. The lowest BCUT2D eigenvalue weighted by atomic mass is 10.1. The summed E-state index contributed by atoms with van der Waals surface area (Å²) in [6.07, 6.45) is -5.03. The number of methoxy groups -OCH3 is 1. The van der Waals surface area contributed by atoms with Crippen LogP contribution in [-0.2, 0) is 17.5 Å². The third-order valence-corrected chi connectivity index (χ3v) is 3.31. The number of alkyl halides is 3. The van der Waals surface area contributed by atoms with Crippen molar-refractivity contribution in [3.05, 3.63) is 65.2 Å². The molecule has 0 aliphatic rings. The van der Waals surface area contributed by atoms with Gasteiger partial charge in [0, 0.05) is 17.8 Å². The van der Waals surface area contributed by atoms with Crippen molar-refractivity contribution in [3.63, 3.8) is 0 Å². The SMILES string of the molecule is COC(=O)Nc1ccc(CNC(=O)c2ccc(C(F)(F)F)cc2)cc1. The van der Waals surface area contributed by atoms with E-state index in [1.165, 1.54) is 7.11 Å². The summed E-state index contributed by atoms with van der Waals surface area (Å²) < 4.78 is 41.9. The van der Waals surface area contributed by atoms with E-state index in [1.54, 1.807) is 24.3 Å². The summed E-state index contributed by atoms with van der Waals surface area (Å²) in [6.45, 7) is 0.193. The largest absolute Gasteiger partial charge is 0.453 e. The van der Waals surface area contributed by atoms with E-state index in [9.17, 15) is 22.8 Å². The highest BCUT2D eigenvalue weighted by molar-refractivity contribution is 5.94. The molecule has 0 aromatic heterocycles.